The zero-order chi connectivity index (χ0) is 18.2. The Morgan fingerprint density at radius 1 is 1.22 bits per heavy atom. The first-order valence-corrected chi connectivity index (χ1v) is 9.33. The third kappa shape index (κ3) is 5.98. The number of aromatic amines is 1. The quantitative estimate of drug-likeness (QED) is 0.200. The Balaban J connectivity index is 0.00000261. The molecule has 0 unspecified atom stereocenters. The molecule has 146 valence electrons. The average Bonchev–Trinajstić information content (AvgIpc) is 3.26. The number of nitrogens with one attached hydrogen (secondary N) is 3. The van der Waals surface area contributed by atoms with Crippen molar-refractivity contribution in [3.05, 3.63) is 54.0 Å². The number of guanidine groups is 1. The zero-order valence-electron chi connectivity index (χ0n) is 16.0. The van der Waals surface area contributed by atoms with E-state index in [9.17, 15) is 0 Å². The topological polar surface area (TPSA) is 70.0 Å². The van der Waals surface area contributed by atoms with Crippen LogP contribution in [0.25, 0.3) is 10.9 Å². The molecule has 27 heavy (non-hydrogen) atoms. The molecule has 0 aliphatic carbocycles. The van der Waals surface area contributed by atoms with Crippen LogP contribution in [-0.2, 0) is 13.0 Å². The Hall–Kier alpha value is -2.03. The number of hydrogen-bond donors (Lipinski definition) is 3. The van der Waals surface area contributed by atoms with Gasteiger partial charge in [-0.05, 0) is 44.4 Å². The summed E-state index contributed by atoms with van der Waals surface area (Å²) in [4.78, 5) is 8.13. The van der Waals surface area contributed by atoms with Crippen LogP contribution in [0.4, 0.5) is 0 Å². The first kappa shape index (κ1) is 21.3. The van der Waals surface area contributed by atoms with Crippen molar-refractivity contribution in [2.75, 3.05) is 19.6 Å². The molecule has 0 saturated heterocycles. The van der Waals surface area contributed by atoms with E-state index in [0.717, 1.165) is 45.0 Å². The number of H-pyrrole nitrogens is 1. The van der Waals surface area contributed by atoms with Gasteiger partial charge in [0.1, 0.15) is 0 Å². The third-order valence-electron chi connectivity index (χ3n) is 4.41. The van der Waals surface area contributed by atoms with E-state index in [2.05, 4.69) is 63.8 Å². The standard InChI is InChI=1S/C20H28N6.HI/c1-3-21-20(22-11-6-14-26-15-7-12-24-26)23-13-10-17-16(2)25-19-9-5-4-8-18(17)19;/h4-5,7-9,12,15,25H,3,6,10-11,13-14H2,1-2H3,(H2,21,22,23);1H. The lowest BCUT2D eigenvalue weighted by Crippen LogP contribution is -2.38. The highest BCUT2D eigenvalue weighted by Crippen LogP contribution is 2.21. The van der Waals surface area contributed by atoms with Crippen LogP contribution in [0.2, 0.25) is 0 Å². The van der Waals surface area contributed by atoms with Gasteiger partial charge in [0.05, 0.1) is 0 Å². The lowest BCUT2D eigenvalue weighted by Gasteiger charge is -2.11. The first-order valence-electron chi connectivity index (χ1n) is 9.33. The van der Waals surface area contributed by atoms with Crippen molar-refractivity contribution in [2.45, 2.75) is 33.2 Å². The van der Waals surface area contributed by atoms with Gasteiger partial charge in [-0.2, -0.15) is 5.10 Å². The predicted octanol–water partition coefficient (Wildman–Crippen LogP) is 3.48. The highest BCUT2D eigenvalue weighted by atomic mass is 127. The van der Waals surface area contributed by atoms with Gasteiger partial charge in [-0.15, -0.1) is 24.0 Å². The lowest BCUT2D eigenvalue weighted by atomic mass is 10.1. The fourth-order valence-electron chi connectivity index (χ4n) is 3.16. The predicted molar refractivity (Wildman–Crippen MR) is 123 cm³/mol. The summed E-state index contributed by atoms with van der Waals surface area (Å²) in [6.07, 6.45) is 5.73. The van der Waals surface area contributed by atoms with Gasteiger partial charge in [0.15, 0.2) is 5.96 Å². The van der Waals surface area contributed by atoms with Crippen molar-refractivity contribution >= 4 is 40.8 Å². The van der Waals surface area contributed by atoms with Crippen molar-refractivity contribution in [3.63, 3.8) is 0 Å². The summed E-state index contributed by atoms with van der Waals surface area (Å²) >= 11 is 0. The molecule has 7 heteroatoms. The van der Waals surface area contributed by atoms with E-state index in [1.165, 1.54) is 22.2 Å². The highest BCUT2D eigenvalue weighted by molar-refractivity contribution is 14.0. The molecule has 2 heterocycles. The number of fused-ring (bicyclic) bond motifs is 1. The number of benzene rings is 1. The molecule has 1 aromatic carbocycles. The Morgan fingerprint density at radius 3 is 2.85 bits per heavy atom. The number of hydrogen-bond acceptors (Lipinski definition) is 2. The second-order valence-electron chi connectivity index (χ2n) is 6.33. The van der Waals surface area contributed by atoms with Gasteiger partial charge in [-0.3, -0.25) is 9.67 Å². The SMILES string of the molecule is CCNC(=NCCCn1cccn1)NCCc1c(C)[nH]c2ccccc12.I. The molecule has 0 radical (unpaired) electrons. The Morgan fingerprint density at radius 2 is 2.07 bits per heavy atom. The molecule has 3 rings (SSSR count). The molecular weight excluding hydrogens is 451 g/mol. The average molecular weight is 480 g/mol. The van der Waals surface area contributed by atoms with Crippen LogP contribution in [0.5, 0.6) is 0 Å². The Kier molecular flexibility index (Phi) is 8.63. The molecule has 0 fully saturated rings. The van der Waals surface area contributed by atoms with Gasteiger partial charge in [0.2, 0.25) is 0 Å². The lowest BCUT2D eigenvalue weighted by molar-refractivity contribution is 0.584. The van der Waals surface area contributed by atoms with Gasteiger partial charge in [-0.1, -0.05) is 18.2 Å². The van der Waals surface area contributed by atoms with E-state index in [4.69, 9.17) is 0 Å². The summed E-state index contributed by atoms with van der Waals surface area (Å²) in [6, 6.07) is 10.4. The van der Waals surface area contributed by atoms with Crippen molar-refractivity contribution < 1.29 is 0 Å². The molecule has 0 spiro atoms. The number of aliphatic imine (C=N–C) groups is 1. The fraction of sp³-hybridized carbons (Fsp3) is 0.400. The number of halogens is 1. The summed E-state index contributed by atoms with van der Waals surface area (Å²) in [6.45, 7) is 7.62. The van der Waals surface area contributed by atoms with E-state index in [1.54, 1.807) is 0 Å². The molecule has 0 bridgehead atoms. The summed E-state index contributed by atoms with van der Waals surface area (Å²) in [7, 11) is 0. The molecule has 3 aromatic rings. The van der Waals surface area contributed by atoms with Crippen LogP contribution >= 0.6 is 24.0 Å². The Bertz CT molecular complexity index is 837. The summed E-state index contributed by atoms with van der Waals surface area (Å²) < 4.78 is 1.94. The van der Waals surface area contributed by atoms with Crippen LogP contribution < -0.4 is 10.6 Å². The van der Waals surface area contributed by atoms with Crippen LogP contribution in [0.1, 0.15) is 24.6 Å². The van der Waals surface area contributed by atoms with Crippen LogP contribution in [0, 0.1) is 6.92 Å². The number of aromatic nitrogens is 3. The van der Waals surface area contributed by atoms with Gasteiger partial charge >= 0.3 is 0 Å². The number of nitrogens with zero attached hydrogens (tertiary/aromatic N) is 3. The largest absolute Gasteiger partial charge is 0.358 e. The van der Waals surface area contributed by atoms with Crippen LogP contribution in [0.3, 0.4) is 0 Å². The number of para-hydroxylation sites is 1. The highest BCUT2D eigenvalue weighted by Gasteiger charge is 2.07. The van der Waals surface area contributed by atoms with Crippen LogP contribution in [-0.4, -0.2) is 40.4 Å². The maximum atomic E-state index is 4.66. The van der Waals surface area contributed by atoms with Gasteiger partial charge in [0.25, 0.3) is 0 Å². The smallest absolute Gasteiger partial charge is 0.191 e. The monoisotopic (exact) mass is 480 g/mol. The van der Waals surface area contributed by atoms with Crippen LogP contribution in [0.15, 0.2) is 47.7 Å². The van der Waals surface area contributed by atoms with Crippen molar-refractivity contribution in [1.82, 2.24) is 25.4 Å². The molecule has 6 nitrogen and oxygen atoms in total. The van der Waals surface area contributed by atoms with Crippen molar-refractivity contribution in [3.8, 4) is 0 Å². The number of rotatable bonds is 8. The second kappa shape index (κ2) is 11.0. The van der Waals surface area contributed by atoms with Crippen molar-refractivity contribution in [2.24, 2.45) is 4.99 Å². The molecule has 0 aliphatic heterocycles. The molecule has 0 atom stereocenters. The summed E-state index contributed by atoms with van der Waals surface area (Å²) in [5, 5.41) is 12.3. The van der Waals surface area contributed by atoms with Crippen molar-refractivity contribution in [1.29, 1.82) is 0 Å². The fourth-order valence-corrected chi connectivity index (χ4v) is 3.16. The summed E-state index contributed by atoms with van der Waals surface area (Å²) in [5.74, 6) is 0.880. The van der Waals surface area contributed by atoms with E-state index >= 15 is 0 Å². The van der Waals surface area contributed by atoms with Gasteiger partial charge in [-0.25, -0.2) is 0 Å². The van der Waals surface area contributed by atoms with E-state index < -0.39 is 0 Å². The molecular formula is C20H29IN6. The normalized spacial score (nSPS) is 11.4. The minimum atomic E-state index is 0. The minimum absolute atomic E-state index is 0. The maximum Gasteiger partial charge on any atom is 0.191 e. The molecule has 0 amide bonds. The minimum Gasteiger partial charge on any atom is -0.358 e. The molecule has 0 saturated carbocycles. The summed E-state index contributed by atoms with van der Waals surface area (Å²) in [5.41, 5.74) is 3.83. The third-order valence-corrected chi connectivity index (χ3v) is 4.41. The second-order valence-corrected chi connectivity index (χ2v) is 6.33. The van der Waals surface area contributed by atoms with Gasteiger partial charge in [0, 0.05) is 55.2 Å². The molecule has 3 N–H and O–H groups in total. The molecule has 2 aromatic heterocycles. The maximum absolute atomic E-state index is 4.66. The zero-order valence-corrected chi connectivity index (χ0v) is 18.4. The Labute approximate surface area is 177 Å². The molecule has 0 aliphatic rings. The van der Waals surface area contributed by atoms with E-state index in [0.29, 0.717) is 0 Å². The number of aryl methyl sites for hydroxylation is 2. The van der Waals surface area contributed by atoms with E-state index in [-0.39, 0.29) is 24.0 Å². The first-order chi connectivity index (χ1) is 12.8. The van der Waals surface area contributed by atoms with Gasteiger partial charge < -0.3 is 15.6 Å². The van der Waals surface area contributed by atoms with E-state index in [1.807, 2.05) is 23.1 Å².